The molecule has 18 heavy (non-hydrogen) atoms. The van der Waals surface area contributed by atoms with Crippen molar-refractivity contribution in [1.29, 1.82) is 0 Å². The maximum atomic E-state index is 12.2. The van der Waals surface area contributed by atoms with Crippen LogP contribution in [0, 0.1) is 0 Å². The van der Waals surface area contributed by atoms with E-state index >= 15 is 0 Å². The molecule has 0 aliphatic heterocycles. The van der Waals surface area contributed by atoms with Crippen molar-refractivity contribution < 1.29 is 14.7 Å². The number of rotatable bonds is 3. The van der Waals surface area contributed by atoms with E-state index < -0.39 is 11.8 Å². The Labute approximate surface area is 111 Å². The summed E-state index contributed by atoms with van der Waals surface area (Å²) < 4.78 is 0.751. The van der Waals surface area contributed by atoms with E-state index in [2.05, 4.69) is 20.9 Å². The van der Waals surface area contributed by atoms with E-state index in [9.17, 15) is 9.59 Å². The van der Waals surface area contributed by atoms with Gasteiger partial charge >= 0.3 is 5.97 Å². The quantitative estimate of drug-likeness (QED) is 0.885. The Bertz CT molecular complexity index is 625. The van der Waals surface area contributed by atoms with Gasteiger partial charge < -0.3 is 5.11 Å². The third-order valence-electron chi connectivity index (χ3n) is 2.34. The maximum Gasteiger partial charge on any atom is 0.338 e. The van der Waals surface area contributed by atoms with Gasteiger partial charge in [0.05, 0.1) is 5.56 Å². The van der Waals surface area contributed by atoms with Crippen LogP contribution in [0.15, 0.2) is 47.1 Å². The van der Waals surface area contributed by atoms with E-state index in [4.69, 9.17) is 5.11 Å². The summed E-state index contributed by atoms with van der Waals surface area (Å²) in [5, 5.41) is 9.01. The van der Waals surface area contributed by atoms with Crippen molar-refractivity contribution in [3.63, 3.8) is 0 Å². The van der Waals surface area contributed by atoms with Gasteiger partial charge in [-0.25, -0.2) is 4.79 Å². The van der Waals surface area contributed by atoms with E-state index in [1.54, 1.807) is 24.3 Å². The van der Waals surface area contributed by atoms with Gasteiger partial charge in [0.25, 0.3) is 0 Å². The van der Waals surface area contributed by atoms with Gasteiger partial charge in [-0.1, -0.05) is 28.1 Å². The molecular formula is C13H8BrNO3. The highest BCUT2D eigenvalue weighted by atomic mass is 79.9. The van der Waals surface area contributed by atoms with Gasteiger partial charge in [-0.15, -0.1) is 0 Å². The van der Waals surface area contributed by atoms with Crippen LogP contribution in [-0.2, 0) is 0 Å². The Balaban J connectivity index is 2.50. The average Bonchev–Trinajstić information content (AvgIpc) is 2.38. The second-order valence-electron chi connectivity index (χ2n) is 3.54. The Morgan fingerprint density at radius 1 is 1.17 bits per heavy atom. The number of carboxylic acid groups (broad SMARTS) is 1. The van der Waals surface area contributed by atoms with Crippen LogP contribution in [0.1, 0.15) is 26.4 Å². The molecule has 1 N–H and O–H groups in total. The minimum atomic E-state index is -1.17. The second kappa shape index (κ2) is 5.10. The molecule has 0 saturated heterocycles. The maximum absolute atomic E-state index is 12.2. The minimum absolute atomic E-state index is 0.0527. The van der Waals surface area contributed by atoms with Gasteiger partial charge in [-0.2, -0.15) is 0 Å². The molecule has 1 heterocycles. The average molecular weight is 306 g/mol. The van der Waals surface area contributed by atoms with E-state index in [0.717, 1.165) is 4.47 Å². The van der Waals surface area contributed by atoms with Gasteiger partial charge in [0.15, 0.2) is 0 Å². The molecule has 0 aliphatic rings. The van der Waals surface area contributed by atoms with Crippen LogP contribution >= 0.6 is 15.9 Å². The van der Waals surface area contributed by atoms with Crippen LogP contribution in [0.4, 0.5) is 0 Å². The van der Waals surface area contributed by atoms with Crippen LogP contribution in [0.5, 0.6) is 0 Å². The zero-order valence-electron chi connectivity index (χ0n) is 9.13. The summed E-state index contributed by atoms with van der Waals surface area (Å²) in [7, 11) is 0. The van der Waals surface area contributed by atoms with Crippen LogP contribution in [0.2, 0.25) is 0 Å². The molecule has 0 saturated carbocycles. The molecule has 5 heteroatoms. The number of hydrogen-bond donors (Lipinski definition) is 1. The highest BCUT2D eigenvalue weighted by Gasteiger charge is 2.18. The predicted octanol–water partition coefficient (Wildman–Crippen LogP) is 2.77. The van der Waals surface area contributed by atoms with Crippen molar-refractivity contribution in [3.05, 3.63) is 63.9 Å². The number of halogens is 1. The molecule has 90 valence electrons. The molecule has 0 radical (unpaired) electrons. The Morgan fingerprint density at radius 2 is 1.94 bits per heavy atom. The van der Waals surface area contributed by atoms with Crippen LogP contribution in [0.3, 0.4) is 0 Å². The van der Waals surface area contributed by atoms with Crippen LogP contribution in [0.25, 0.3) is 0 Å². The monoisotopic (exact) mass is 305 g/mol. The van der Waals surface area contributed by atoms with E-state index in [1.165, 1.54) is 18.3 Å². The highest BCUT2D eigenvalue weighted by molar-refractivity contribution is 9.10. The molecular weight excluding hydrogens is 298 g/mol. The largest absolute Gasteiger partial charge is 0.478 e. The number of aromatic nitrogens is 1. The normalized spacial score (nSPS) is 10.1. The number of nitrogens with zero attached hydrogens (tertiary/aromatic N) is 1. The van der Waals surface area contributed by atoms with Crippen molar-refractivity contribution in [2.75, 3.05) is 0 Å². The highest BCUT2D eigenvalue weighted by Crippen LogP contribution is 2.16. The predicted molar refractivity (Wildman–Crippen MR) is 68.8 cm³/mol. The van der Waals surface area contributed by atoms with Gasteiger partial charge in [0.2, 0.25) is 5.78 Å². The minimum Gasteiger partial charge on any atom is -0.478 e. The molecule has 2 rings (SSSR count). The molecule has 0 aliphatic carbocycles. The summed E-state index contributed by atoms with van der Waals surface area (Å²) in [5.74, 6) is -1.57. The first kappa shape index (κ1) is 12.4. The van der Waals surface area contributed by atoms with E-state index in [-0.39, 0.29) is 11.3 Å². The van der Waals surface area contributed by atoms with Gasteiger partial charge in [0, 0.05) is 16.2 Å². The second-order valence-corrected chi connectivity index (χ2v) is 4.46. The fourth-order valence-electron chi connectivity index (χ4n) is 1.53. The lowest BCUT2D eigenvalue weighted by atomic mass is 10.0. The SMILES string of the molecule is O=C(O)c1cccnc1C(=O)c1cccc(Br)c1. The zero-order valence-corrected chi connectivity index (χ0v) is 10.7. The number of carboxylic acids is 1. The summed E-state index contributed by atoms with van der Waals surface area (Å²) in [6.07, 6.45) is 1.40. The lowest BCUT2D eigenvalue weighted by Crippen LogP contribution is -2.11. The lowest BCUT2D eigenvalue weighted by Gasteiger charge is -2.04. The third-order valence-corrected chi connectivity index (χ3v) is 2.83. The summed E-state index contributed by atoms with van der Waals surface area (Å²) in [5.41, 5.74) is 0.246. The van der Waals surface area contributed by atoms with Crippen molar-refractivity contribution >= 4 is 27.7 Å². The van der Waals surface area contributed by atoms with Gasteiger partial charge in [-0.05, 0) is 24.3 Å². The van der Waals surface area contributed by atoms with Crippen LogP contribution < -0.4 is 0 Å². The zero-order chi connectivity index (χ0) is 13.1. The molecule has 2 aromatic rings. The first-order chi connectivity index (χ1) is 8.59. The molecule has 0 atom stereocenters. The Morgan fingerprint density at radius 3 is 2.61 bits per heavy atom. The molecule has 0 unspecified atom stereocenters. The van der Waals surface area contributed by atoms with Crippen molar-refractivity contribution in [1.82, 2.24) is 4.98 Å². The first-order valence-electron chi connectivity index (χ1n) is 5.08. The fraction of sp³-hybridized carbons (Fsp3) is 0. The lowest BCUT2D eigenvalue weighted by molar-refractivity contribution is 0.0692. The van der Waals surface area contributed by atoms with E-state index in [1.807, 2.05) is 0 Å². The van der Waals surface area contributed by atoms with Crippen LogP contribution in [-0.4, -0.2) is 21.8 Å². The molecule has 0 bridgehead atoms. The number of carbonyl (C=O) groups is 2. The fourth-order valence-corrected chi connectivity index (χ4v) is 1.92. The summed E-state index contributed by atoms with van der Waals surface area (Å²) in [6, 6.07) is 9.59. The summed E-state index contributed by atoms with van der Waals surface area (Å²) in [6.45, 7) is 0. The van der Waals surface area contributed by atoms with Crippen molar-refractivity contribution in [2.45, 2.75) is 0 Å². The summed E-state index contributed by atoms with van der Waals surface area (Å²) >= 11 is 3.26. The molecule has 1 aromatic heterocycles. The molecule has 0 spiro atoms. The number of carbonyl (C=O) groups excluding carboxylic acids is 1. The Hall–Kier alpha value is -2.01. The molecule has 0 amide bonds. The number of benzene rings is 1. The number of pyridine rings is 1. The third kappa shape index (κ3) is 2.46. The van der Waals surface area contributed by atoms with Crippen molar-refractivity contribution in [3.8, 4) is 0 Å². The number of hydrogen-bond acceptors (Lipinski definition) is 3. The standard InChI is InChI=1S/C13H8BrNO3/c14-9-4-1-3-8(7-9)12(16)11-10(13(17)18)5-2-6-15-11/h1-7H,(H,17,18). The van der Waals surface area contributed by atoms with Gasteiger partial charge in [-0.3, -0.25) is 9.78 Å². The Kier molecular flexibility index (Phi) is 3.53. The van der Waals surface area contributed by atoms with Gasteiger partial charge in [0.1, 0.15) is 5.69 Å². The number of aromatic carboxylic acids is 1. The molecule has 4 nitrogen and oxygen atoms in total. The number of ketones is 1. The topological polar surface area (TPSA) is 67.3 Å². The molecule has 0 fully saturated rings. The first-order valence-corrected chi connectivity index (χ1v) is 5.87. The smallest absolute Gasteiger partial charge is 0.338 e. The summed E-state index contributed by atoms with van der Waals surface area (Å²) in [4.78, 5) is 27.1. The van der Waals surface area contributed by atoms with E-state index in [0.29, 0.717) is 5.56 Å². The van der Waals surface area contributed by atoms with Crippen molar-refractivity contribution in [2.24, 2.45) is 0 Å². The molecule has 1 aromatic carbocycles.